The number of rotatable bonds is 7. The second-order valence-electron chi connectivity index (χ2n) is 5.54. The summed E-state index contributed by atoms with van der Waals surface area (Å²) in [5, 5.41) is 5.17. The zero-order valence-electron chi connectivity index (χ0n) is 13.5. The van der Waals surface area contributed by atoms with Crippen LogP contribution in [0.15, 0.2) is 18.2 Å². The second-order valence-corrected chi connectivity index (χ2v) is 5.54. The summed E-state index contributed by atoms with van der Waals surface area (Å²) in [5.41, 5.74) is 1.02. The largest absolute Gasteiger partial charge is 0.348 e. The zero-order chi connectivity index (χ0) is 16.5. The third-order valence-electron chi connectivity index (χ3n) is 3.74. The fourth-order valence-electron chi connectivity index (χ4n) is 2.21. The van der Waals surface area contributed by atoms with Crippen LogP contribution in [0.2, 0.25) is 0 Å². The van der Waals surface area contributed by atoms with E-state index >= 15 is 0 Å². The van der Waals surface area contributed by atoms with Crippen LogP contribution in [0.25, 0.3) is 0 Å². The van der Waals surface area contributed by atoms with Crippen molar-refractivity contribution in [3.63, 3.8) is 0 Å². The van der Waals surface area contributed by atoms with E-state index in [1.165, 1.54) is 18.2 Å². The van der Waals surface area contributed by atoms with Crippen LogP contribution in [0, 0.1) is 18.7 Å². The number of nitrogens with one attached hydrogen (secondary N) is 2. The van der Waals surface area contributed by atoms with Gasteiger partial charge in [0.2, 0.25) is 0 Å². The van der Waals surface area contributed by atoms with Crippen LogP contribution in [0.5, 0.6) is 0 Å². The molecular formula is C17H25FN2O2. The molecule has 1 aromatic rings. The minimum Gasteiger partial charge on any atom is -0.348 e. The van der Waals surface area contributed by atoms with E-state index in [1.54, 1.807) is 6.92 Å². The zero-order valence-corrected chi connectivity index (χ0v) is 13.5. The Labute approximate surface area is 131 Å². The molecule has 0 bridgehead atoms. The van der Waals surface area contributed by atoms with E-state index in [0.717, 1.165) is 25.7 Å². The lowest BCUT2D eigenvalue weighted by molar-refractivity contribution is -0.136. The molecule has 0 saturated carbocycles. The molecule has 0 radical (unpaired) electrons. The summed E-state index contributed by atoms with van der Waals surface area (Å²) >= 11 is 0. The van der Waals surface area contributed by atoms with Gasteiger partial charge in [0.15, 0.2) is 0 Å². The Morgan fingerprint density at radius 3 is 2.55 bits per heavy atom. The molecule has 0 heterocycles. The van der Waals surface area contributed by atoms with Crippen LogP contribution in [-0.4, -0.2) is 18.4 Å². The Morgan fingerprint density at radius 1 is 1.23 bits per heavy atom. The standard InChI is InChI=1S/C17H25FN2O2/c1-4-6-7-13(5-2)11-19-16(21)17(22)20-15-9-8-14(18)10-12(15)3/h8-10,13H,4-7,11H2,1-3H3,(H,19,21)(H,20,22)/t13-/m1/s1. The molecule has 5 heteroatoms. The SMILES string of the molecule is CCCC[C@@H](CC)CNC(=O)C(=O)Nc1ccc(F)cc1C. The molecule has 0 spiro atoms. The Hall–Kier alpha value is -1.91. The molecule has 0 aliphatic rings. The van der Waals surface area contributed by atoms with E-state index in [4.69, 9.17) is 0 Å². The van der Waals surface area contributed by atoms with Gasteiger partial charge in [0.1, 0.15) is 5.82 Å². The van der Waals surface area contributed by atoms with E-state index in [9.17, 15) is 14.0 Å². The maximum atomic E-state index is 13.0. The molecule has 122 valence electrons. The number of benzene rings is 1. The molecule has 0 aliphatic carbocycles. The van der Waals surface area contributed by atoms with Gasteiger partial charge in [-0.15, -0.1) is 0 Å². The highest BCUT2D eigenvalue weighted by molar-refractivity contribution is 6.39. The van der Waals surface area contributed by atoms with Crippen molar-refractivity contribution in [2.24, 2.45) is 5.92 Å². The monoisotopic (exact) mass is 308 g/mol. The molecule has 2 amide bonds. The normalized spacial score (nSPS) is 11.8. The van der Waals surface area contributed by atoms with Gasteiger partial charge in [-0.25, -0.2) is 4.39 Å². The van der Waals surface area contributed by atoms with E-state index in [0.29, 0.717) is 23.7 Å². The summed E-state index contributed by atoms with van der Waals surface area (Å²) < 4.78 is 13.0. The Balaban J connectivity index is 2.49. The molecule has 4 nitrogen and oxygen atoms in total. The van der Waals surface area contributed by atoms with Crippen LogP contribution in [0.1, 0.15) is 45.1 Å². The van der Waals surface area contributed by atoms with Crippen LogP contribution < -0.4 is 10.6 Å². The van der Waals surface area contributed by atoms with Crippen LogP contribution in [0.4, 0.5) is 10.1 Å². The van der Waals surface area contributed by atoms with Gasteiger partial charge < -0.3 is 10.6 Å². The summed E-state index contributed by atoms with van der Waals surface area (Å²) in [7, 11) is 0. The molecule has 0 aromatic heterocycles. The summed E-state index contributed by atoms with van der Waals surface area (Å²) in [6.45, 7) is 6.39. The number of halogens is 1. The van der Waals surface area contributed by atoms with Gasteiger partial charge in [-0.3, -0.25) is 9.59 Å². The number of carbonyl (C=O) groups excluding carboxylic acids is 2. The summed E-state index contributed by atoms with van der Waals surface area (Å²) in [4.78, 5) is 23.7. The first kappa shape index (κ1) is 18.1. The van der Waals surface area contributed by atoms with Crippen molar-refractivity contribution in [3.8, 4) is 0 Å². The third kappa shape index (κ3) is 5.84. The number of unbranched alkanes of at least 4 members (excludes halogenated alkanes) is 1. The molecule has 1 rings (SSSR count). The summed E-state index contributed by atoms with van der Waals surface area (Å²) in [5.74, 6) is -1.36. The third-order valence-corrected chi connectivity index (χ3v) is 3.74. The van der Waals surface area contributed by atoms with Crippen molar-refractivity contribution >= 4 is 17.5 Å². The van der Waals surface area contributed by atoms with E-state index < -0.39 is 11.8 Å². The Kier molecular flexibility index (Phi) is 7.57. The minimum atomic E-state index is -0.722. The smallest absolute Gasteiger partial charge is 0.313 e. The Bertz CT molecular complexity index is 517. The fraction of sp³-hybridized carbons (Fsp3) is 0.529. The van der Waals surface area contributed by atoms with Crippen LogP contribution >= 0.6 is 0 Å². The van der Waals surface area contributed by atoms with Gasteiger partial charge in [0.05, 0.1) is 0 Å². The lowest BCUT2D eigenvalue weighted by Crippen LogP contribution is -2.38. The maximum absolute atomic E-state index is 13.0. The molecule has 1 aromatic carbocycles. The lowest BCUT2D eigenvalue weighted by atomic mass is 9.99. The maximum Gasteiger partial charge on any atom is 0.313 e. The van der Waals surface area contributed by atoms with Crippen LogP contribution in [0.3, 0.4) is 0 Å². The molecule has 2 N–H and O–H groups in total. The number of anilines is 1. The van der Waals surface area contributed by atoms with Gasteiger partial charge in [-0.2, -0.15) is 0 Å². The number of amides is 2. The minimum absolute atomic E-state index is 0.373. The van der Waals surface area contributed by atoms with E-state index in [2.05, 4.69) is 24.5 Å². The fourth-order valence-corrected chi connectivity index (χ4v) is 2.21. The predicted molar refractivity (Wildman–Crippen MR) is 86.1 cm³/mol. The first-order chi connectivity index (χ1) is 10.5. The van der Waals surface area contributed by atoms with Gasteiger partial charge in [-0.1, -0.05) is 33.1 Å². The molecule has 0 aliphatic heterocycles. The van der Waals surface area contributed by atoms with Gasteiger partial charge >= 0.3 is 11.8 Å². The molecule has 0 unspecified atom stereocenters. The lowest BCUT2D eigenvalue weighted by Gasteiger charge is -2.15. The predicted octanol–water partition coefficient (Wildman–Crippen LogP) is 3.41. The number of aryl methyl sites for hydroxylation is 1. The first-order valence-corrected chi connectivity index (χ1v) is 7.83. The van der Waals surface area contributed by atoms with Gasteiger partial charge in [0, 0.05) is 12.2 Å². The van der Waals surface area contributed by atoms with Crippen molar-refractivity contribution < 1.29 is 14.0 Å². The number of carbonyl (C=O) groups is 2. The van der Waals surface area contributed by atoms with Gasteiger partial charge in [-0.05, 0) is 43.0 Å². The van der Waals surface area contributed by atoms with Crippen molar-refractivity contribution in [2.45, 2.75) is 46.5 Å². The van der Waals surface area contributed by atoms with E-state index in [1.807, 2.05) is 0 Å². The molecule has 1 atom stereocenters. The van der Waals surface area contributed by atoms with Crippen molar-refractivity contribution in [1.29, 1.82) is 0 Å². The second kappa shape index (κ2) is 9.18. The van der Waals surface area contributed by atoms with Crippen molar-refractivity contribution in [1.82, 2.24) is 5.32 Å². The highest BCUT2D eigenvalue weighted by Crippen LogP contribution is 2.15. The number of hydrogen-bond acceptors (Lipinski definition) is 2. The van der Waals surface area contributed by atoms with Gasteiger partial charge in [0.25, 0.3) is 0 Å². The summed E-state index contributed by atoms with van der Waals surface area (Å²) in [6, 6.07) is 4.01. The topological polar surface area (TPSA) is 58.2 Å². The van der Waals surface area contributed by atoms with Crippen molar-refractivity contribution in [3.05, 3.63) is 29.6 Å². The highest BCUT2D eigenvalue weighted by Gasteiger charge is 2.16. The van der Waals surface area contributed by atoms with Crippen molar-refractivity contribution in [2.75, 3.05) is 11.9 Å². The van der Waals surface area contributed by atoms with E-state index in [-0.39, 0.29) is 5.82 Å². The molecular weight excluding hydrogens is 283 g/mol. The highest BCUT2D eigenvalue weighted by atomic mass is 19.1. The average molecular weight is 308 g/mol. The number of hydrogen-bond donors (Lipinski definition) is 2. The average Bonchev–Trinajstić information content (AvgIpc) is 2.49. The molecule has 0 fully saturated rings. The quantitative estimate of drug-likeness (QED) is 0.758. The Morgan fingerprint density at radius 2 is 1.95 bits per heavy atom. The molecule has 22 heavy (non-hydrogen) atoms. The first-order valence-electron chi connectivity index (χ1n) is 7.83. The van der Waals surface area contributed by atoms with Crippen LogP contribution in [-0.2, 0) is 9.59 Å². The molecule has 0 saturated heterocycles. The summed E-state index contributed by atoms with van der Waals surface area (Å²) in [6.07, 6.45) is 4.26.